The number of rotatable bonds is 4. The van der Waals surface area contributed by atoms with E-state index in [-0.39, 0.29) is 5.56 Å². The Morgan fingerprint density at radius 3 is 2.52 bits per heavy atom. The molecule has 25 heavy (non-hydrogen) atoms. The van der Waals surface area contributed by atoms with E-state index in [1.165, 1.54) is 4.68 Å². The molecule has 0 amide bonds. The molecule has 5 nitrogen and oxygen atoms in total. The Morgan fingerprint density at radius 2 is 1.88 bits per heavy atom. The predicted octanol–water partition coefficient (Wildman–Crippen LogP) is 3.94. The first kappa shape index (κ1) is 17.0. The number of aliphatic imine (C=N–C) groups is 1. The number of aromatic nitrogens is 2. The average molecular weight is 355 g/mol. The van der Waals surface area contributed by atoms with E-state index in [0.717, 1.165) is 17.1 Å². The zero-order chi connectivity index (χ0) is 18.0. The highest BCUT2D eigenvalue weighted by Crippen LogP contribution is 2.18. The van der Waals surface area contributed by atoms with Crippen molar-refractivity contribution in [3.8, 4) is 5.69 Å². The van der Waals surface area contributed by atoms with Gasteiger partial charge in [0.25, 0.3) is 5.56 Å². The number of nitrogens with one attached hydrogen (secondary N) is 1. The predicted molar refractivity (Wildman–Crippen MR) is 104 cm³/mol. The number of hydrogen-bond acceptors (Lipinski definition) is 3. The van der Waals surface area contributed by atoms with Crippen molar-refractivity contribution in [3.05, 3.63) is 75.2 Å². The molecule has 1 heterocycles. The fourth-order valence-corrected chi connectivity index (χ4v) is 2.67. The largest absolute Gasteiger partial charge is 0.378 e. The standard InChI is InChI=1S/C19H19ClN4O/c1-13-18(12-21-15-7-9-16(10-8-15)23(2)3)19(25)24(22-13)17-6-4-5-14(20)11-17/h4-12,22H,1-3H3. The first-order chi connectivity index (χ1) is 12.0. The van der Waals surface area contributed by atoms with E-state index in [9.17, 15) is 4.79 Å². The van der Waals surface area contributed by atoms with E-state index in [2.05, 4.69) is 10.1 Å². The second-order valence-electron chi connectivity index (χ2n) is 5.94. The van der Waals surface area contributed by atoms with Gasteiger partial charge < -0.3 is 4.90 Å². The molecule has 0 aliphatic carbocycles. The molecule has 3 aromatic rings. The molecule has 0 unspecified atom stereocenters. The quantitative estimate of drug-likeness (QED) is 0.721. The maximum atomic E-state index is 12.7. The Morgan fingerprint density at radius 1 is 1.16 bits per heavy atom. The molecule has 0 saturated carbocycles. The summed E-state index contributed by atoms with van der Waals surface area (Å²) in [5, 5.41) is 3.64. The van der Waals surface area contributed by atoms with Gasteiger partial charge in [0.05, 0.1) is 16.9 Å². The molecular weight excluding hydrogens is 336 g/mol. The maximum absolute atomic E-state index is 12.7. The molecule has 0 radical (unpaired) electrons. The summed E-state index contributed by atoms with van der Waals surface area (Å²) in [5.41, 5.74) is 3.69. The fourth-order valence-electron chi connectivity index (χ4n) is 2.48. The summed E-state index contributed by atoms with van der Waals surface area (Å²) >= 11 is 6.01. The van der Waals surface area contributed by atoms with Crippen molar-refractivity contribution in [2.45, 2.75) is 6.92 Å². The normalized spacial score (nSPS) is 11.2. The van der Waals surface area contributed by atoms with Crippen LogP contribution in [0.3, 0.4) is 0 Å². The van der Waals surface area contributed by atoms with Crippen LogP contribution in [0.2, 0.25) is 5.02 Å². The van der Waals surface area contributed by atoms with Crippen LogP contribution in [0, 0.1) is 6.92 Å². The van der Waals surface area contributed by atoms with Crippen molar-refractivity contribution in [2.24, 2.45) is 4.99 Å². The SMILES string of the molecule is Cc1[nH]n(-c2cccc(Cl)c2)c(=O)c1C=Nc1ccc(N(C)C)cc1. The number of H-pyrrole nitrogens is 1. The monoisotopic (exact) mass is 354 g/mol. The maximum Gasteiger partial charge on any atom is 0.280 e. The molecule has 128 valence electrons. The van der Waals surface area contributed by atoms with Crippen molar-refractivity contribution in [2.75, 3.05) is 19.0 Å². The van der Waals surface area contributed by atoms with Gasteiger partial charge in [0.2, 0.25) is 0 Å². The van der Waals surface area contributed by atoms with E-state index >= 15 is 0 Å². The minimum atomic E-state index is -0.159. The van der Waals surface area contributed by atoms with Crippen LogP contribution < -0.4 is 10.5 Å². The number of aryl methyl sites for hydroxylation is 1. The van der Waals surface area contributed by atoms with Crippen molar-refractivity contribution >= 4 is 29.2 Å². The number of nitrogens with zero attached hydrogens (tertiary/aromatic N) is 3. The molecule has 1 aromatic heterocycles. The average Bonchev–Trinajstić information content (AvgIpc) is 2.88. The highest BCUT2D eigenvalue weighted by Gasteiger charge is 2.10. The lowest BCUT2D eigenvalue weighted by Crippen LogP contribution is -2.17. The van der Waals surface area contributed by atoms with E-state index in [0.29, 0.717) is 16.3 Å². The van der Waals surface area contributed by atoms with Gasteiger partial charge >= 0.3 is 0 Å². The van der Waals surface area contributed by atoms with Crippen molar-refractivity contribution in [1.29, 1.82) is 0 Å². The van der Waals surface area contributed by atoms with Crippen LogP contribution in [0.4, 0.5) is 11.4 Å². The third-order valence-electron chi connectivity index (χ3n) is 3.89. The zero-order valence-electron chi connectivity index (χ0n) is 14.3. The number of anilines is 1. The molecule has 0 aliphatic rings. The second-order valence-corrected chi connectivity index (χ2v) is 6.38. The molecule has 0 atom stereocenters. The van der Waals surface area contributed by atoms with E-state index in [4.69, 9.17) is 11.6 Å². The van der Waals surface area contributed by atoms with Crippen LogP contribution in [-0.2, 0) is 0 Å². The summed E-state index contributed by atoms with van der Waals surface area (Å²) in [6.07, 6.45) is 1.60. The van der Waals surface area contributed by atoms with E-state index in [1.54, 1.807) is 24.4 Å². The Balaban J connectivity index is 1.92. The number of halogens is 1. The molecule has 1 N–H and O–H groups in total. The van der Waals surface area contributed by atoms with Crippen LogP contribution in [0.5, 0.6) is 0 Å². The summed E-state index contributed by atoms with van der Waals surface area (Å²) in [6.45, 7) is 1.85. The molecule has 3 rings (SSSR count). The summed E-state index contributed by atoms with van der Waals surface area (Å²) in [6, 6.07) is 14.9. The van der Waals surface area contributed by atoms with Crippen LogP contribution in [0.25, 0.3) is 5.69 Å². The number of benzene rings is 2. The van der Waals surface area contributed by atoms with Gasteiger partial charge in [-0.3, -0.25) is 14.9 Å². The van der Waals surface area contributed by atoms with Gasteiger partial charge in [-0.25, -0.2) is 4.68 Å². The second kappa shape index (κ2) is 6.99. The summed E-state index contributed by atoms with van der Waals surface area (Å²) in [7, 11) is 3.97. The minimum absolute atomic E-state index is 0.159. The van der Waals surface area contributed by atoms with Crippen LogP contribution in [-0.4, -0.2) is 30.1 Å². The van der Waals surface area contributed by atoms with Crippen LogP contribution in [0.15, 0.2) is 58.3 Å². The first-order valence-corrected chi connectivity index (χ1v) is 8.22. The summed E-state index contributed by atoms with van der Waals surface area (Å²) in [5.74, 6) is 0. The third kappa shape index (κ3) is 3.67. The van der Waals surface area contributed by atoms with E-state index < -0.39 is 0 Å². The van der Waals surface area contributed by atoms with Gasteiger partial charge in [-0.2, -0.15) is 0 Å². The topological polar surface area (TPSA) is 53.4 Å². The fraction of sp³-hybridized carbons (Fsp3) is 0.158. The molecule has 0 bridgehead atoms. The molecule has 0 aliphatic heterocycles. The Labute approximate surface area is 151 Å². The smallest absolute Gasteiger partial charge is 0.280 e. The molecule has 0 saturated heterocycles. The van der Waals surface area contributed by atoms with Crippen LogP contribution in [0.1, 0.15) is 11.3 Å². The Kier molecular flexibility index (Phi) is 4.76. The van der Waals surface area contributed by atoms with Crippen molar-refractivity contribution < 1.29 is 0 Å². The molecule has 0 spiro atoms. The summed E-state index contributed by atoms with van der Waals surface area (Å²) < 4.78 is 1.47. The third-order valence-corrected chi connectivity index (χ3v) is 4.13. The Hall–Kier alpha value is -2.79. The lowest BCUT2D eigenvalue weighted by Gasteiger charge is -2.11. The van der Waals surface area contributed by atoms with Gasteiger partial charge in [0.1, 0.15) is 0 Å². The van der Waals surface area contributed by atoms with Crippen molar-refractivity contribution in [3.63, 3.8) is 0 Å². The number of aromatic amines is 1. The molecule has 0 fully saturated rings. The molecule has 2 aromatic carbocycles. The van der Waals surface area contributed by atoms with E-state index in [1.807, 2.05) is 56.3 Å². The zero-order valence-corrected chi connectivity index (χ0v) is 15.1. The van der Waals surface area contributed by atoms with Crippen molar-refractivity contribution in [1.82, 2.24) is 9.78 Å². The van der Waals surface area contributed by atoms with Gasteiger partial charge in [-0.15, -0.1) is 0 Å². The molecule has 6 heteroatoms. The Bertz CT molecular complexity index is 968. The lowest BCUT2D eigenvalue weighted by molar-refractivity contribution is 0.835. The van der Waals surface area contributed by atoms with Gasteiger partial charge in [-0.1, -0.05) is 17.7 Å². The minimum Gasteiger partial charge on any atom is -0.378 e. The van der Waals surface area contributed by atoms with Crippen LogP contribution >= 0.6 is 11.6 Å². The summed E-state index contributed by atoms with van der Waals surface area (Å²) in [4.78, 5) is 19.1. The number of hydrogen-bond donors (Lipinski definition) is 1. The highest BCUT2D eigenvalue weighted by molar-refractivity contribution is 6.30. The first-order valence-electron chi connectivity index (χ1n) is 7.85. The molecular formula is C19H19ClN4O. The van der Waals surface area contributed by atoms with Gasteiger partial charge in [0, 0.05) is 36.7 Å². The van der Waals surface area contributed by atoms with Gasteiger partial charge in [0.15, 0.2) is 0 Å². The highest BCUT2D eigenvalue weighted by atomic mass is 35.5. The lowest BCUT2D eigenvalue weighted by atomic mass is 10.2. The van der Waals surface area contributed by atoms with Gasteiger partial charge in [-0.05, 0) is 49.4 Å².